The zero-order chi connectivity index (χ0) is 35.8. The summed E-state index contributed by atoms with van der Waals surface area (Å²) in [5, 5.41) is 29.6. The average molecular weight is 727 g/mol. The Morgan fingerprint density at radius 1 is 1.18 bits per heavy atom. The van der Waals surface area contributed by atoms with Crippen molar-refractivity contribution in [2.24, 2.45) is 11.1 Å². The number of aliphatic hydroxyl groups excluding tert-OH is 1. The van der Waals surface area contributed by atoms with Gasteiger partial charge >= 0.3 is 6.03 Å². The van der Waals surface area contributed by atoms with Crippen LogP contribution in [0, 0.1) is 12.8 Å². The fourth-order valence-electron chi connectivity index (χ4n) is 6.47. The molecular formula is C35H46N6O7S2. The highest BCUT2D eigenvalue weighted by molar-refractivity contribution is 7.89. The highest BCUT2D eigenvalue weighted by Crippen LogP contribution is 2.24. The summed E-state index contributed by atoms with van der Waals surface area (Å²) >= 11 is 1.52. The highest BCUT2D eigenvalue weighted by atomic mass is 32.2. The van der Waals surface area contributed by atoms with Crippen LogP contribution in [0.4, 0.5) is 4.79 Å². The molecular weight excluding hydrogens is 681 g/mol. The molecule has 3 heterocycles. The lowest BCUT2D eigenvalue weighted by atomic mass is 9.98. The zero-order valence-electron chi connectivity index (χ0n) is 28.6. The van der Waals surface area contributed by atoms with Gasteiger partial charge in [-0.15, -0.1) is 11.3 Å². The normalized spacial score (nSPS) is 18.8. The smallest absolute Gasteiger partial charge is 0.321 e. The number of carbonyl (C=O) groups excluding carboxylic acids is 2. The number of aliphatic hydroxyl groups is 1. The molecule has 3 amide bonds. The van der Waals surface area contributed by atoms with Crippen molar-refractivity contribution in [2.45, 2.75) is 75.8 Å². The third kappa shape index (κ3) is 9.26. The first-order chi connectivity index (χ1) is 24.0. The summed E-state index contributed by atoms with van der Waals surface area (Å²) in [4.78, 5) is 35.5. The van der Waals surface area contributed by atoms with E-state index in [-0.39, 0.29) is 42.5 Å². The number of aromatic nitrogens is 1. The van der Waals surface area contributed by atoms with Crippen molar-refractivity contribution in [2.75, 3.05) is 32.8 Å². The number of carbonyl (C=O) groups is 2. The third-order valence-electron chi connectivity index (χ3n) is 9.02. The van der Waals surface area contributed by atoms with Crippen LogP contribution in [0.2, 0.25) is 0 Å². The largest absolute Gasteiger partial charge is 0.411 e. The number of ether oxygens (including phenoxy) is 1. The fourth-order valence-corrected chi connectivity index (χ4v) is 8.56. The van der Waals surface area contributed by atoms with Crippen molar-refractivity contribution in [3.05, 3.63) is 81.8 Å². The summed E-state index contributed by atoms with van der Waals surface area (Å²) < 4.78 is 35.1. The van der Waals surface area contributed by atoms with E-state index in [0.717, 1.165) is 22.7 Å². The van der Waals surface area contributed by atoms with Crippen molar-refractivity contribution in [3.63, 3.8) is 0 Å². The van der Waals surface area contributed by atoms with E-state index in [1.807, 2.05) is 56.5 Å². The molecule has 0 bridgehead atoms. The van der Waals surface area contributed by atoms with Gasteiger partial charge in [0, 0.05) is 38.2 Å². The van der Waals surface area contributed by atoms with Gasteiger partial charge in [-0.1, -0.05) is 61.5 Å². The summed E-state index contributed by atoms with van der Waals surface area (Å²) in [6.07, 6.45) is 1.24. The number of sulfonamides is 1. The second-order valence-corrected chi connectivity index (χ2v) is 16.1. The SMILES string of the molecule is Cc1nc(CN2CCN(C(C(=O)N[C@@H](Cc3ccccc3)[C@H](O)CN(CC3CCCO3)S(=O)(=O)c3ccc(/C=N/O)cc3)C(C)C)C2=O)cs1. The lowest BCUT2D eigenvalue weighted by Gasteiger charge is -2.34. The molecule has 0 radical (unpaired) electrons. The Balaban J connectivity index is 1.38. The van der Waals surface area contributed by atoms with Gasteiger partial charge in [0.2, 0.25) is 15.9 Å². The Bertz CT molecular complexity index is 1710. The van der Waals surface area contributed by atoms with E-state index in [1.165, 1.54) is 46.1 Å². The van der Waals surface area contributed by atoms with Gasteiger partial charge in [0.25, 0.3) is 0 Å². The van der Waals surface area contributed by atoms with E-state index in [0.29, 0.717) is 38.2 Å². The number of amides is 3. The van der Waals surface area contributed by atoms with Gasteiger partial charge in [-0.25, -0.2) is 18.2 Å². The molecule has 0 aliphatic carbocycles. The Morgan fingerprint density at radius 3 is 2.54 bits per heavy atom. The van der Waals surface area contributed by atoms with Crippen molar-refractivity contribution in [1.82, 2.24) is 24.4 Å². The number of rotatable bonds is 16. The Morgan fingerprint density at radius 2 is 1.92 bits per heavy atom. The van der Waals surface area contributed by atoms with Gasteiger partial charge < -0.3 is 30.2 Å². The Hall–Kier alpha value is -3.89. The quantitative estimate of drug-likeness (QED) is 0.115. The first-order valence-electron chi connectivity index (χ1n) is 16.8. The van der Waals surface area contributed by atoms with Crippen molar-refractivity contribution in [1.29, 1.82) is 0 Å². The minimum absolute atomic E-state index is 0.00576. The van der Waals surface area contributed by atoms with Crippen molar-refractivity contribution in [3.8, 4) is 0 Å². The first-order valence-corrected chi connectivity index (χ1v) is 19.2. The number of thiazole rings is 1. The van der Waals surface area contributed by atoms with E-state index >= 15 is 0 Å². The molecule has 2 saturated heterocycles. The molecule has 2 aromatic carbocycles. The summed E-state index contributed by atoms with van der Waals surface area (Å²) in [6, 6.07) is 13.3. The predicted octanol–water partition coefficient (Wildman–Crippen LogP) is 3.48. The molecule has 3 aromatic rings. The molecule has 2 fully saturated rings. The van der Waals surface area contributed by atoms with Crippen LogP contribution in [0.25, 0.3) is 0 Å². The van der Waals surface area contributed by atoms with Crippen LogP contribution in [0.3, 0.4) is 0 Å². The molecule has 3 N–H and O–H groups in total. The van der Waals surface area contributed by atoms with E-state index in [9.17, 15) is 23.1 Å². The fraction of sp³-hybridized carbons (Fsp3) is 0.486. The number of nitrogens with zero attached hydrogens (tertiary/aromatic N) is 5. The number of urea groups is 1. The van der Waals surface area contributed by atoms with Crippen molar-refractivity contribution >= 4 is 39.5 Å². The van der Waals surface area contributed by atoms with Gasteiger partial charge in [-0.05, 0) is 55.4 Å². The number of nitrogens with one attached hydrogen (secondary N) is 1. The standard InChI is InChI=1S/C35H46N6O7S2/c1-24(2)33(41-16-15-39(35(41)44)20-28-23-49-25(3)37-28)34(43)38-31(18-26-8-5-4-6-9-26)32(42)22-40(21-29-10-7-17-48-29)50(46,47)30-13-11-27(12-14-30)19-36-45/h4-6,8-9,11-14,19,23-24,29,31-33,42,45H,7,10,15-18,20-22H2,1-3H3,(H,38,43)/b36-19+/t29?,31-,32+,33?/m0/s1. The van der Waals surface area contributed by atoms with Crippen LogP contribution in [0.1, 0.15) is 48.5 Å². The number of benzene rings is 2. The predicted molar refractivity (Wildman–Crippen MR) is 190 cm³/mol. The molecule has 0 saturated carbocycles. The van der Waals surface area contributed by atoms with Gasteiger partial charge in [-0.2, -0.15) is 4.31 Å². The van der Waals surface area contributed by atoms with Gasteiger partial charge in [-0.3, -0.25) is 4.79 Å². The van der Waals surface area contributed by atoms with E-state index in [2.05, 4.69) is 15.5 Å². The molecule has 13 nitrogen and oxygen atoms in total. The molecule has 15 heteroatoms. The number of hydrogen-bond donors (Lipinski definition) is 3. The minimum Gasteiger partial charge on any atom is -0.411 e. The molecule has 5 rings (SSSR count). The lowest BCUT2D eigenvalue weighted by Crippen LogP contribution is -2.57. The van der Waals surface area contributed by atoms with Crippen LogP contribution < -0.4 is 5.32 Å². The lowest BCUT2D eigenvalue weighted by molar-refractivity contribution is -0.128. The first kappa shape index (κ1) is 37.4. The Kier molecular flexibility index (Phi) is 12.6. The highest BCUT2D eigenvalue weighted by Gasteiger charge is 2.41. The monoisotopic (exact) mass is 726 g/mol. The zero-order valence-corrected chi connectivity index (χ0v) is 30.2. The van der Waals surface area contributed by atoms with Crippen molar-refractivity contribution < 1.29 is 33.1 Å². The maximum Gasteiger partial charge on any atom is 0.321 e. The molecule has 2 unspecified atom stereocenters. The summed E-state index contributed by atoms with van der Waals surface area (Å²) in [6.45, 7) is 7.07. The molecule has 4 atom stereocenters. The second kappa shape index (κ2) is 16.9. The third-order valence-corrected chi connectivity index (χ3v) is 11.7. The average Bonchev–Trinajstić information content (AvgIpc) is 3.84. The van der Waals surface area contributed by atoms with Gasteiger partial charge in [0.05, 0.1) is 46.6 Å². The van der Waals surface area contributed by atoms with Gasteiger partial charge in [0.15, 0.2) is 0 Å². The van der Waals surface area contributed by atoms with E-state index in [4.69, 9.17) is 9.94 Å². The molecule has 50 heavy (non-hydrogen) atoms. The minimum atomic E-state index is -4.12. The van der Waals surface area contributed by atoms with Crippen LogP contribution in [0.5, 0.6) is 0 Å². The molecule has 1 aromatic heterocycles. The van der Waals surface area contributed by atoms with Crippen LogP contribution in [0.15, 0.2) is 70.0 Å². The van der Waals surface area contributed by atoms with E-state index in [1.54, 1.807) is 9.80 Å². The molecule has 270 valence electrons. The van der Waals surface area contributed by atoms with E-state index < -0.39 is 34.1 Å². The van der Waals surface area contributed by atoms with Crippen LogP contribution in [-0.4, -0.2) is 113 Å². The number of aryl methyl sites for hydroxylation is 1. The van der Waals surface area contributed by atoms with Crippen LogP contribution in [-0.2, 0) is 32.5 Å². The molecule has 2 aliphatic rings. The maximum absolute atomic E-state index is 14.1. The second-order valence-electron chi connectivity index (χ2n) is 13.1. The topological polar surface area (TPSA) is 165 Å². The van der Waals surface area contributed by atoms with Gasteiger partial charge in [0.1, 0.15) is 6.04 Å². The number of oxime groups is 1. The maximum atomic E-state index is 14.1. The summed E-state index contributed by atoms with van der Waals surface area (Å²) in [5.41, 5.74) is 2.16. The number of hydrogen-bond acceptors (Lipinski definition) is 10. The molecule has 0 spiro atoms. The summed E-state index contributed by atoms with van der Waals surface area (Å²) in [7, 11) is -4.12. The Labute approximate surface area is 297 Å². The van der Waals surface area contributed by atoms with Crippen LogP contribution >= 0.6 is 11.3 Å². The molecule has 2 aliphatic heterocycles. The summed E-state index contributed by atoms with van der Waals surface area (Å²) in [5.74, 6) is -0.667.